The number of halogens is 5. The lowest BCUT2D eigenvalue weighted by atomic mass is 9.98. The van der Waals surface area contributed by atoms with Crippen LogP contribution in [-0.2, 0) is 29.2 Å². The molecule has 0 spiro atoms. The fraction of sp³-hybridized carbons (Fsp3) is 0.179. The molecule has 51 heavy (non-hydrogen) atoms. The van der Waals surface area contributed by atoms with Crippen LogP contribution in [0.5, 0.6) is 0 Å². The summed E-state index contributed by atoms with van der Waals surface area (Å²) in [6.07, 6.45) is 1.05. The topological polar surface area (TPSA) is 85.6 Å². The van der Waals surface area contributed by atoms with Gasteiger partial charge in [0.15, 0.2) is 29.6 Å². The predicted molar refractivity (Wildman–Crippen MR) is 177 cm³/mol. The van der Waals surface area contributed by atoms with Gasteiger partial charge in [-0.2, -0.15) is 0 Å². The van der Waals surface area contributed by atoms with E-state index in [0.717, 1.165) is 38.9 Å². The molecule has 0 bridgehead atoms. The first-order valence-corrected chi connectivity index (χ1v) is 16.1. The monoisotopic (exact) mass is 699 g/mol. The Kier molecular flexibility index (Phi) is 9.63. The van der Waals surface area contributed by atoms with Crippen molar-refractivity contribution >= 4 is 16.9 Å². The minimum Gasteiger partial charge on any atom is -0.392 e. The largest absolute Gasteiger partial charge is 0.392 e. The average molecular weight is 700 g/mol. The first-order valence-electron chi connectivity index (χ1n) is 16.1. The summed E-state index contributed by atoms with van der Waals surface area (Å²) in [5.74, 6) is -12.6. The van der Waals surface area contributed by atoms with Gasteiger partial charge >= 0.3 is 0 Å². The fourth-order valence-electron chi connectivity index (χ4n) is 6.21. The lowest BCUT2D eigenvalue weighted by molar-refractivity contribution is -0.252. The molecule has 0 saturated carbocycles. The first kappa shape index (κ1) is 34.0. The van der Waals surface area contributed by atoms with E-state index >= 15 is 0 Å². The maximum atomic E-state index is 14.2. The molecule has 1 aromatic heterocycles. The molecule has 6 aromatic rings. The van der Waals surface area contributed by atoms with Crippen LogP contribution in [0.1, 0.15) is 51.4 Å². The third-order valence-corrected chi connectivity index (χ3v) is 8.85. The van der Waals surface area contributed by atoms with E-state index in [1.54, 1.807) is 24.5 Å². The molecule has 1 fully saturated rings. The number of carbonyl (C=O) groups is 1. The third kappa shape index (κ3) is 6.98. The van der Waals surface area contributed by atoms with Gasteiger partial charge < -0.3 is 24.5 Å². The number of aliphatic hydroxyl groups excluding tert-OH is 1. The van der Waals surface area contributed by atoms with Gasteiger partial charge in [-0.1, -0.05) is 72.8 Å². The van der Waals surface area contributed by atoms with Gasteiger partial charge in [-0.15, -0.1) is 0 Å². The van der Waals surface area contributed by atoms with Crippen LogP contribution in [0.4, 0.5) is 22.0 Å². The van der Waals surface area contributed by atoms with E-state index in [0.29, 0.717) is 18.5 Å². The molecule has 0 aliphatic carbocycles. The van der Waals surface area contributed by atoms with Crippen molar-refractivity contribution in [3.63, 3.8) is 0 Å². The summed E-state index contributed by atoms with van der Waals surface area (Å²) >= 11 is 0. The molecular formula is C39H30F5N3O4. The Hall–Kier alpha value is -5.43. The summed E-state index contributed by atoms with van der Waals surface area (Å²) in [7, 11) is 0. The summed E-state index contributed by atoms with van der Waals surface area (Å²) < 4.78 is 84.3. The Morgan fingerprint density at radius 3 is 2.20 bits per heavy atom. The molecule has 260 valence electrons. The third-order valence-electron chi connectivity index (χ3n) is 8.85. The number of rotatable bonds is 9. The van der Waals surface area contributed by atoms with E-state index in [9.17, 15) is 31.9 Å². The molecular weight excluding hydrogens is 669 g/mol. The molecule has 3 atom stereocenters. The summed E-state index contributed by atoms with van der Waals surface area (Å²) in [6.45, 7) is 0.214. The van der Waals surface area contributed by atoms with Crippen molar-refractivity contribution in [3.8, 4) is 11.1 Å². The van der Waals surface area contributed by atoms with Crippen molar-refractivity contribution in [2.75, 3.05) is 0 Å². The predicted octanol–water partition coefficient (Wildman–Crippen LogP) is 8.07. The lowest BCUT2D eigenvalue weighted by Gasteiger charge is -2.36. The summed E-state index contributed by atoms with van der Waals surface area (Å²) in [5.41, 5.74) is 4.81. The lowest BCUT2D eigenvalue weighted by Crippen LogP contribution is -2.32. The van der Waals surface area contributed by atoms with Crippen molar-refractivity contribution in [3.05, 3.63) is 160 Å². The van der Waals surface area contributed by atoms with Gasteiger partial charge in [-0.25, -0.2) is 26.9 Å². The second-order valence-electron chi connectivity index (χ2n) is 12.2. The quantitative estimate of drug-likeness (QED) is 0.0907. The van der Waals surface area contributed by atoms with Crippen molar-refractivity contribution < 1.29 is 41.3 Å². The number of fused-ring (bicyclic) bond motifs is 1. The number of aromatic nitrogens is 2. The maximum absolute atomic E-state index is 14.2. The Morgan fingerprint density at radius 2 is 1.45 bits per heavy atom. The number of ether oxygens (including phenoxy) is 2. The minimum absolute atomic E-state index is 0.0699. The Bertz CT molecular complexity index is 2200. The molecule has 0 unspecified atom stereocenters. The fourth-order valence-corrected chi connectivity index (χ4v) is 6.21. The first-order chi connectivity index (χ1) is 24.7. The van der Waals surface area contributed by atoms with Crippen LogP contribution < -0.4 is 5.32 Å². The van der Waals surface area contributed by atoms with Crippen LogP contribution in [0.15, 0.2) is 103 Å². The molecule has 2 heterocycles. The Morgan fingerprint density at radius 1 is 0.765 bits per heavy atom. The smallest absolute Gasteiger partial charge is 0.257 e. The van der Waals surface area contributed by atoms with Crippen LogP contribution in [0.2, 0.25) is 0 Å². The van der Waals surface area contributed by atoms with E-state index in [4.69, 9.17) is 9.47 Å². The number of benzene rings is 5. The number of imidazole rings is 1. The number of nitrogens with one attached hydrogen (secondary N) is 1. The van der Waals surface area contributed by atoms with Crippen molar-refractivity contribution in [1.82, 2.24) is 14.9 Å². The minimum atomic E-state index is -2.34. The number of hydrogen-bond donors (Lipinski definition) is 2. The van der Waals surface area contributed by atoms with Crippen LogP contribution in [0, 0.1) is 29.1 Å². The van der Waals surface area contributed by atoms with Gasteiger partial charge in [0.2, 0.25) is 5.82 Å². The molecule has 1 aliphatic rings. The zero-order valence-electron chi connectivity index (χ0n) is 26.8. The van der Waals surface area contributed by atoms with E-state index in [2.05, 4.69) is 14.9 Å². The van der Waals surface area contributed by atoms with Crippen molar-refractivity contribution in [2.45, 2.75) is 44.6 Å². The van der Waals surface area contributed by atoms with Gasteiger partial charge in [0.1, 0.15) is 5.56 Å². The standard InChI is InChI=1S/C39H30F5N3O4/c40-33-32(34(41)36(43)37(44)35(33)42)38(49)45-18-23-5-3-6-25(15-23)26-7-4-8-27(16-26)39-50-28(19-47-21-46-29-9-1-2-10-30(29)47)17-31(51-39)24-13-11-22(20-48)12-14-24/h1-16,21,28,31,39,48H,17-20H2,(H,45,49)/t28-,31+,39+/m0/s1. The molecule has 0 radical (unpaired) electrons. The van der Waals surface area contributed by atoms with Crippen molar-refractivity contribution in [1.29, 1.82) is 0 Å². The number of amides is 1. The highest BCUT2D eigenvalue weighted by Crippen LogP contribution is 2.39. The molecule has 5 aromatic carbocycles. The van der Waals surface area contributed by atoms with Gasteiger partial charge in [0.25, 0.3) is 5.91 Å². The highest BCUT2D eigenvalue weighted by atomic mass is 19.2. The second-order valence-corrected chi connectivity index (χ2v) is 12.2. The van der Waals surface area contributed by atoms with Crippen LogP contribution in [0.3, 0.4) is 0 Å². The number of nitrogens with zero attached hydrogens (tertiary/aromatic N) is 2. The molecule has 2 N–H and O–H groups in total. The van der Waals surface area contributed by atoms with Gasteiger partial charge in [-0.3, -0.25) is 4.79 Å². The highest BCUT2D eigenvalue weighted by molar-refractivity contribution is 5.94. The van der Waals surface area contributed by atoms with Crippen molar-refractivity contribution in [2.24, 2.45) is 0 Å². The summed E-state index contributed by atoms with van der Waals surface area (Å²) in [5, 5.41) is 11.8. The summed E-state index contributed by atoms with van der Waals surface area (Å²) in [4.78, 5) is 17.0. The maximum Gasteiger partial charge on any atom is 0.257 e. The highest BCUT2D eigenvalue weighted by Gasteiger charge is 2.33. The molecule has 1 saturated heterocycles. The van der Waals surface area contributed by atoms with E-state index in [-0.39, 0.29) is 25.4 Å². The molecule has 7 rings (SSSR count). The van der Waals surface area contributed by atoms with Crippen LogP contribution in [0.25, 0.3) is 22.2 Å². The normalized spacial score (nSPS) is 17.5. The average Bonchev–Trinajstić information content (AvgIpc) is 3.58. The van der Waals surface area contributed by atoms with Crippen LogP contribution in [-0.4, -0.2) is 26.7 Å². The van der Waals surface area contributed by atoms with Crippen LogP contribution >= 0.6 is 0 Å². The second kappa shape index (κ2) is 14.4. The zero-order chi connectivity index (χ0) is 35.6. The zero-order valence-corrected chi connectivity index (χ0v) is 26.8. The van der Waals surface area contributed by atoms with E-state index in [1.165, 1.54) is 0 Å². The summed E-state index contributed by atoms with van der Waals surface area (Å²) in [6, 6.07) is 29.9. The molecule has 12 heteroatoms. The van der Waals surface area contributed by atoms with Gasteiger partial charge in [0, 0.05) is 18.5 Å². The molecule has 7 nitrogen and oxygen atoms in total. The van der Waals surface area contributed by atoms with Gasteiger partial charge in [-0.05, 0) is 52.1 Å². The molecule has 1 amide bonds. The van der Waals surface area contributed by atoms with E-state index < -0.39 is 46.8 Å². The SMILES string of the molecule is O=C(NCc1cccc(-c2cccc([C@@H]3O[C@H](Cn4cnc5ccccc54)C[C@H](c4ccc(CO)cc4)O3)c2)c1)c1c(F)c(F)c(F)c(F)c1F. The van der Waals surface area contributed by atoms with E-state index in [1.807, 2.05) is 78.9 Å². The number of hydrogen-bond acceptors (Lipinski definition) is 5. The number of carbonyl (C=O) groups excluding carboxylic acids is 1. The molecule has 1 aliphatic heterocycles. The number of aliphatic hydroxyl groups is 1. The number of para-hydroxylation sites is 2. The van der Waals surface area contributed by atoms with Gasteiger partial charge in [0.05, 0.1) is 42.7 Å². The Labute approximate surface area is 288 Å². The Balaban J connectivity index is 1.12.